The van der Waals surface area contributed by atoms with Gasteiger partial charge in [-0.1, -0.05) is 49.4 Å². The van der Waals surface area contributed by atoms with Crippen LogP contribution in [-0.2, 0) is 14.8 Å². The van der Waals surface area contributed by atoms with Crippen LogP contribution in [0.5, 0.6) is 0 Å². The highest BCUT2D eigenvalue weighted by Crippen LogP contribution is 2.58. The Morgan fingerprint density at radius 3 is 2.44 bits per heavy atom. The van der Waals surface area contributed by atoms with Crippen LogP contribution < -0.4 is 4.72 Å². The van der Waals surface area contributed by atoms with E-state index in [9.17, 15) is 18.3 Å². The van der Waals surface area contributed by atoms with Gasteiger partial charge in [-0.25, -0.2) is 13.4 Å². The van der Waals surface area contributed by atoms with Crippen molar-refractivity contribution in [1.29, 1.82) is 0 Å². The fraction of sp³-hybridized carbons (Fsp3) is 0.174. The van der Waals surface area contributed by atoms with E-state index in [2.05, 4.69) is 14.7 Å². The maximum Gasteiger partial charge on any atom is 0.325 e. The van der Waals surface area contributed by atoms with Gasteiger partial charge in [0.1, 0.15) is 9.75 Å². The van der Waals surface area contributed by atoms with Gasteiger partial charge < -0.3 is 5.11 Å². The minimum atomic E-state index is -4.06. The Morgan fingerprint density at radius 1 is 1.03 bits per heavy atom. The number of para-hydroxylation sites is 2. The maximum atomic E-state index is 13.2. The molecule has 7 nitrogen and oxygen atoms in total. The highest BCUT2D eigenvalue weighted by Gasteiger charge is 2.70. The molecule has 0 bridgehead atoms. The number of carbonyl (C=O) groups is 1. The van der Waals surface area contributed by atoms with Gasteiger partial charge in [0.05, 0.1) is 27.8 Å². The number of sulfonamides is 1. The van der Waals surface area contributed by atoms with Crippen LogP contribution in [0.2, 0.25) is 0 Å². The van der Waals surface area contributed by atoms with Crippen molar-refractivity contribution in [3.63, 3.8) is 0 Å². The van der Waals surface area contributed by atoms with Gasteiger partial charge in [0.25, 0.3) is 10.0 Å². The summed E-state index contributed by atoms with van der Waals surface area (Å²) in [6.07, 6.45) is 1.60. The van der Waals surface area contributed by atoms with Crippen LogP contribution in [0.4, 0.5) is 0 Å². The third-order valence-corrected chi connectivity index (χ3v) is 9.05. The van der Waals surface area contributed by atoms with Crippen LogP contribution in [0, 0.1) is 5.92 Å². The number of carboxylic acids is 1. The summed E-state index contributed by atoms with van der Waals surface area (Å²) < 4.78 is 28.9. The van der Waals surface area contributed by atoms with Gasteiger partial charge in [-0.05, 0) is 35.7 Å². The molecular weight excluding hydrogens is 446 g/mol. The van der Waals surface area contributed by atoms with Gasteiger partial charge >= 0.3 is 5.97 Å². The average molecular weight is 466 g/mol. The molecule has 5 rings (SSSR count). The normalized spacial score (nSPS) is 22.7. The molecule has 32 heavy (non-hydrogen) atoms. The van der Waals surface area contributed by atoms with E-state index < -0.39 is 27.4 Å². The number of thiophene rings is 1. The topological polar surface area (TPSA) is 109 Å². The summed E-state index contributed by atoms with van der Waals surface area (Å²) >= 11 is 1.03. The molecule has 0 amide bonds. The molecule has 1 unspecified atom stereocenters. The highest BCUT2D eigenvalue weighted by atomic mass is 32.2. The van der Waals surface area contributed by atoms with Crippen LogP contribution in [-0.4, -0.2) is 35.0 Å². The maximum absolute atomic E-state index is 13.2. The minimum Gasteiger partial charge on any atom is -0.480 e. The van der Waals surface area contributed by atoms with Crippen molar-refractivity contribution in [2.24, 2.45) is 5.92 Å². The molecule has 0 radical (unpaired) electrons. The van der Waals surface area contributed by atoms with Crippen molar-refractivity contribution < 1.29 is 18.3 Å². The number of nitrogens with zero attached hydrogens (tertiary/aromatic N) is 2. The number of nitrogens with one attached hydrogen (secondary N) is 1. The number of rotatable bonds is 6. The Balaban J connectivity index is 1.46. The number of hydrogen-bond acceptors (Lipinski definition) is 6. The Morgan fingerprint density at radius 2 is 1.72 bits per heavy atom. The van der Waals surface area contributed by atoms with Crippen molar-refractivity contribution in [2.45, 2.75) is 22.6 Å². The van der Waals surface area contributed by atoms with Crippen molar-refractivity contribution in [1.82, 2.24) is 14.7 Å². The highest BCUT2D eigenvalue weighted by molar-refractivity contribution is 7.91. The third kappa shape index (κ3) is 3.29. The summed E-state index contributed by atoms with van der Waals surface area (Å²) in [4.78, 5) is 21.8. The summed E-state index contributed by atoms with van der Waals surface area (Å²) in [5.74, 6) is -2.01. The largest absolute Gasteiger partial charge is 0.480 e. The molecule has 0 aliphatic heterocycles. The smallest absolute Gasteiger partial charge is 0.325 e. The van der Waals surface area contributed by atoms with E-state index in [4.69, 9.17) is 0 Å². The van der Waals surface area contributed by atoms with Crippen LogP contribution in [0.1, 0.15) is 18.4 Å². The lowest BCUT2D eigenvalue weighted by atomic mass is 10.1. The first-order chi connectivity index (χ1) is 15.3. The second-order valence-electron chi connectivity index (χ2n) is 7.82. The van der Waals surface area contributed by atoms with E-state index in [0.29, 0.717) is 16.1 Å². The standard InChI is InChI=1S/C23H19N3O4S2/c1-14-21(15-7-3-2-4-8-15)23(14,22(27)28)26-32(29,30)20-12-11-19(31-20)18-13-24-16-9-5-6-10-17(16)25-18/h2-14,21,26H,1H3,(H,27,28)/t14?,21-,23-/m1/s1. The fourth-order valence-corrected chi connectivity index (χ4v) is 6.97. The summed E-state index contributed by atoms with van der Waals surface area (Å²) in [5.41, 5.74) is 1.24. The van der Waals surface area contributed by atoms with Crippen molar-refractivity contribution in [2.75, 3.05) is 0 Å². The fourth-order valence-electron chi connectivity index (χ4n) is 4.25. The molecule has 162 valence electrons. The number of fused-ring (bicyclic) bond motifs is 1. The molecule has 1 saturated carbocycles. The first kappa shape index (κ1) is 20.7. The van der Waals surface area contributed by atoms with Crippen molar-refractivity contribution in [3.8, 4) is 10.6 Å². The van der Waals surface area contributed by atoms with Gasteiger partial charge in [-0.15, -0.1) is 11.3 Å². The van der Waals surface area contributed by atoms with Gasteiger partial charge in [-0.2, -0.15) is 4.72 Å². The first-order valence-corrected chi connectivity index (χ1v) is 12.3. The van der Waals surface area contributed by atoms with Gasteiger partial charge in [0.2, 0.25) is 0 Å². The Kier molecular flexibility index (Phi) is 4.85. The molecular formula is C23H19N3O4S2. The van der Waals surface area contributed by atoms with Crippen LogP contribution in [0.15, 0.2) is 77.1 Å². The monoisotopic (exact) mass is 465 g/mol. The SMILES string of the molecule is CC1[C@H](c2ccccc2)[C@@]1(NS(=O)(=O)c1ccc(-c2cnc3ccccc3n2)s1)C(=O)O. The molecule has 0 saturated heterocycles. The van der Waals surface area contributed by atoms with Gasteiger partial charge in [-0.3, -0.25) is 9.78 Å². The quantitative estimate of drug-likeness (QED) is 0.447. The van der Waals surface area contributed by atoms with Crippen molar-refractivity contribution in [3.05, 3.63) is 78.5 Å². The molecule has 1 aliphatic carbocycles. The zero-order chi connectivity index (χ0) is 22.5. The van der Waals surface area contributed by atoms with E-state index in [-0.39, 0.29) is 10.1 Å². The van der Waals surface area contributed by atoms with Crippen LogP contribution in [0.3, 0.4) is 0 Å². The molecule has 9 heteroatoms. The number of benzene rings is 2. The lowest BCUT2D eigenvalue weighted by molar-refractivity contribution is -0.140. The van der Waals surface area contributed by atoms with Crippen LogP contribution in [0.25, 0.3) is 21.6 Å². The Hall–Kier alpha value is -3.14. The molecule has 3 atom stereocenters. The summed E-state index contributed by atoms with van der Waals surface area (Å²) in [6, 6.07) is 19.7. The number of carboxylic acid groups (broad SMARTS) is 1. The van der Waals surface area contributed by atoms with Gasteiger partial charge in [0.15, 0.2) is 0 Å². The molecule has 0 spiro atoms. The minimum absolute atomic E-state index is 0.0361. The molecule has 1 fully saturated rings. The van der Waals surface area contributed by atoms with E-state index >= 15 is 0 Å². The van der Waals surface area contributed by atoms with E-state index in [0.717, 1.165) is 22.4 Å². The lowest BCUT2D eigenvalue weighted by Crippen LogP contribution is -2.45. The number of aliphatic carboxylic acids is 1. The lowest BCUT2D eigenvalue weighted by Gasteiger charge is -2.15. The average Bonchev–Trinajstić information content (AvgIpc) is 3.14. The van der Waals surface area contributed by atoms with E-state index in [1.165, 1.54) is 6.07 Å². The van der Waals surface area contributed by atoms with Gasteiger partial charge in [0, 0.05) is 5.92 Å². The second kappa shape index (κ2) is 7.47. The predicted octanol–water partition coefficient (Wildman–Crippen LogP) is 3.89. The van der Waals surface area contributed by atoms with E-state index in [1.54, 1.807) is 19.2 Å². The van der Waals surface area contributed by atoms with Crippen LogP contribution >= 0.6 is 11.3 Å². The first-order valence-electron chi connectivity index (χ1n) is 9.97. The van der Waals surface area contributed by atoms with E-state index in [1.807, 2.05) is 54.6 Å². The third-order valence-electron chi connectivity index (χ3n) is 5.96. The Labute approximate surface area is 188 Å². The second-order valence-corrected chi connectivity index (χ2v) is 10.8. The zero-order valence-electron chi connectivity index (χ0n) is 17.0. The Bertz CT molecular complexity index is 1440. The molecule has 2 aromatic heterocycles. The molecule has 2 N–H and O–H groups in total. The molecule has 1 aliphatic rings. The zero-order valence-corrected chi connectivity index (χ0v) is 18.6. The summed E-state index contributed by atoms with van der Waals surface area (Å²) in [5, 5.41) is 9.96. The molecule has 4 aromatic rings. The van der Waals surface area contributed by atoms with Crippen molar-refractivity contribution >= 4 is 38.4 Å². The molecule has 2 heterocycles. The summed E-state index contributed by atoms with van der Waals surface area (Å²) in [6.45, 7) is 1.75. The number of aromatic nitrogens is 2. The predicted molar refractivity (Wildman–Crippen MR) is 122 cm³/mol. The number of hydrogen-bond donors (Lipinski definition) is 2. The summed E-state index contributed by atoms with van der Waals surface area (Å²) in [7, 11) is -4.06. The molecule has 2 aromatic carbocycles.